The standard InChI is InChI=1S/C10H14O4/c11-5-6-14-10(7-12)8-3-1-2-4-9(8)13/h1-4,10-13H,5-7H2. The zero-order valence-corrected chi connectivity index (χ0v) is 7.76. The molecule has 78 valence electrons. The van der Waals surface area contributed by atoms with Crippen molar-refractivity contribution < 1.29 is 20.1 Å². The molecule has 0 fully saturated rings. The van der Waals surface area contributed by atoms with Crippen LogP contribution in [0.2, 0.25) is 0 Å². The van der Waals surface area contributed by atoms with Crippen LogP contribution in [0, 0.1) is 0 Å². The summed E-state index contributed by atoms with van der Waals surface area (Å²) in [6.45, 7) is -0.193. The molecule has 0 aliphatic rings. The van der Waals surface area contributed by atoms with Crippen LogP contribution in [0.3, 0.4) is 0 Å². The van der Waals surface area contributed by atoms with Gasteiger partial charge in [-0.1, -0.05) is 18.2 Å². The summed E-state index contributed by atoms with van der Waals surface area (Å²) >= 11 is 0. The summed E-state index contributed by atoms with van der Waals surface area (Å²) < 4.78 is 5.15. The number of ether oxygens (including phenoxy) is 1. The minimum atomic E-state index is -0.580. The van der Waals surface area contributed by atoms with Crippen LogP contribution in [-0.2, 0) is 4.74 Å². The van der Waals surface area contributed by atoms with Gasteiger partial charge in [-0.05, 0) is 6.07 Å². The predicted molar refractivity (Wildman–Crippen MR) is 51.0 cm³/mol. The van der Waals surface area contributed by atoms with E-state index in [1.54, 1.807) is 18.2 Å². The van der Waals surface area contributed by atoms with Crippen molar-refractivity contribution in [3.05, 3.63) is 29.8 Å². The Morgan fingerprint density at radius 2 is 1.93 bits per heavy atom. The maximum Gasteiger partial charge on any atom is 0.121 e. The minimum Gasteiger partial charge on any atom is -0.508 e. The molecule has 1 aromatic rings. The first-order chi connectivity index (χ1) is 6.79. The topological polar surface area (TPSA) is 69.9 Å². The summed E-state index contributed by atoms with van der Waals surface area (Å²) in [6.07, 6.45) is -0.580. The molecule has 3 N–H and O–H groups in total. The van der Waals surface area contributed by atoms with Gasteiger partial charge >= 0.3 is 0 Å². The third kappa shape index (κ3) is 2.70. The number of para-hydroxylation sites is 1. The maximum atomic E-state index is 9.46. The fourth-order valence-electron chi connectivity index (χ4n) is 1.20. The van der Waals surface area contributed by atoms with Crippen molar-refractivity contribution >= 4 is 0 Å². The summed E-state index contributed by atoms with van der Waals surface area (Å²) in [5, 5.41) is 27.0. The van der Waals surface area contributed by atoms with E-state index in [1.807, 2.05) is 0 Å². The predicted octanol–water partition coefficient (Wildman–Crippen LogP) is 0.434. The third-order valence-corrected chi connectivity index (χ3v) is 1.86. The quantitative estimate of drug-likeness (QED) is 0.642. The van der Waals surface area contributed by atoms with Crippen molar-refractivity contribution in [3.63, 3.8) is 0 Å². The van der Waals surface area contributed by atoms with Gasteiger partial charge in [-0.15, -0.1) is 0 Å². The number of rotatable bonds is 5. The fraction of sp³-hybridized carbons (Fsp3) is 0.400. The molecule has 1 unspecified atom stereocenters. The number of hydrogen-bond acceptors (Lipinski definition) is 4. The Hall–Kier alpha value is -1.10. The number of aliphatic hydroxyl groups is 2. The molecular formula is C10H14O4. The lowest BCUT2D eigenvalue weighted by Gasteiger charge is -2.16. The highest BCUT2D eigenvalue weighted by molar-refractivity contribution is 5.33. The molecule has 0 heterocycles. The maximum absolute atomic E-state index is 9.46. The highest BCUT2D eigenvalue weighted by Gasteiger charge is 2.13. The molecule has 0 aromatic heterocycles. The largest absolute Gasteiger partial charge is 0.508 e. The first-order valence-corrected chi connectivity index (χ1v) is 4.40. The summed E-state index contributed by atoms with van der Waals surface area (Å²) in [5.74, 6) is 0.0875. The van der Waals surface area contributed by atoms with Crippen LogP contribution in [0.5, 0.6) is 5.75 Å². The summed E-state index contributed by atoms with van der Waals surface area (Å²) in [7, 11) is 0. The van der Waals surface area contributed by atoms with E-state index in [9.17, 15) is 5.11 Å². The van der Waals surface area contributed by atoms with Gasteiger partial charge in [-0.25, -0.2) is 0 Å². The Balaban J connectivity index is 2.73. The van der Waals surface area contributed by atoms with Crippen LogP contribution >= 0.6 is 0 Å². The van der Waals surface area contributed by atoms with Crippen molar-refractivity contribution in [1.29, 1.82) is 0 Å². The number of phenolic OH excluding ortho intramolecular Hbond substituents is 1. The van der Waals surface area contributed by atoms with Gasteiger partial charge in [0.05, 0.1) is 19.8 Å². The Kier molecular flexibility index (Phi) is 4.39. The van der Waals surface area contributed by atoms with Crippen LogP contribution in [0.1, 0.15) is 11.7 Å². The van der Waals surface area contributed by atoms with Crippen molar-refractivity contribution in [2.45, 2.75) is 6.10 Å². The van der Waals surface area contributed by atoms with Crippen LogP contribution in [-0.4, -0.2) is 35.1 Å². The number of benzene rings is 1. The number of hydrogen-bond donors (Lipinski definition) is 3. The van der Waals surface area contributed by atoms with E-state index >= 15 is 0 Å². The van der Waals surface area contributed by atoms with E-state index in [4.69, 9.17) is 14.9 Å². The smallest absolute Gasteiger partial charge is 0.121 e. The molecule has 14 heavy (non-hydrogen) atoms. The normalized spacial score (nSPS) is 12.7. The van der Waals surface area contributed by atoms with E-state index < -0.39 is 6.10 Å². The molecule has 1 aromatic carbocycles. The number of aliphatic hydroxyl groups excluding tert-OH is 2. The molecule has 0 aliphatic carbocycles. The van der Waals surface area contributed by atoms with E-state index in [2.05, 4.69) is 0 Å². The van der Waals surface area contributed by atoms with Crippen molar-refractivity contribution in [2.24, 2.45) is 0 Å². The lowest BCUT2D eigenvalue weighted by atomic mass is 10.1. The first-order valence-electron chi connectivity index (χ1n) is 4.40. The molecule has 0 saturated carbocycles. The van der Waals surface area contributed by atoms with Crippen molar-refractivity contribution in [2.75, 3.05) is 19.8 Å². The highest BCUT2D eigenvalue weighted by Crippen LogP contribution is 2.25. The molecule has 4 nitrogen and oxygen atoms in total. The summed E-state index contributed by atoms with van der Waals surface area (Å²) in [5.41, 5.74) is 0.531. The van der Waals surface area contributed by atoms with Crippen LogP contribution < -0.4 is 0 Å². The SMILES string of the molecule is OCCOC(CO)c1ccccc1O. The van der Waals surface area contributed by atoms with Gasteiger partial charge in [0.25, 0.3) is 0 Å². The second-order valence-corrected chi connectivity index (χ2v) is 2.82. The van der Waals surface area contributed by atoms with Crippen molar-refractivity contribution in [3.8, 4) is 5.75 Å². The van der Waals surface area contributed by atoms with Crippen LogP contribution in [0.25, 0.3) is 0 Å². The Labute approximate surface area is 82.4 Å². The summed E-state index contributed by atoms with van der Waals surface area (Å²) in [6, 6.07) is 6.65. The fourth-order valence-corrected chi connectivity index (χ4v) is 1.20. The van der Waals surface area contributed by atoms with Crippen LogP contribution in [0.4, 0.5) is 0 Å². The first kappa shape index (κ1) is 11.0. The zero-order chi connectivity index (χ0) is 10.4. The van der Waals surface area contributed by atoms with Crippen molar-refractivity contribution in [1.82, 2.24) is 0 Å². The molecule has 1 rings (SSSR count). The van der Waals surface area contributed by atoms with Gasteiger partial charge in [-0.3, -0.25) is 0 Å². The molecule has 1 atom stereocenters. The molecule has 0 bridgehead atoms. The van der Waals surface area contributed by atoms with Crippen LogP contribution in [0.15, 0.2) is 24.3 Å². The average molecular weight is 198 g/mol. The van der Waals surface area contributed by atoms with Gasteiger partial charge in [0.2, 0.25) is 0 Å². The molecular weight excluding hydrogens is 184 g/mol. The Morgan fingerprint density at radius 3 is 2.50 bits per heavy atom. The van der Waals surface area contributed by atoms with E-state index in [1.165, 1.54) is 6.07 Å². The van der Waals surface area contributed by atoms with Gasteiger partial charge in [-0.2, -0.15) is 0 Å². The van der Waals surface area contributed by atoms with E-state index in [-0.39, 0.29) is 25.6 Å². The van der Waals surface area contributed by atoms with E-state index in [0.29, 0.717) is 5.56 Å². The average Bonchev–Trinajstić information content (AvgIpc) is 2.21. The Morgan fingerprint density at radius 1 is 1.21 bits per heavy atom. The van der Waals surface area contributed by atoms with Gasteiger partial charge < -0.3 is 20.1 Å². The van der Waals surface area contributed by atoms with Gasteiger partial charge in [0.1, 0.15) is 11.9 Å². The Bertz CT molecular complexity index is 275. The molecule has 0 amide bonds. The highest BCUT2D eigenvalue weighted by atomic mass is 16.5. The van der Waals surface area contributed by atoms with Gasteiger partial charge in [0, 0.05) is 5.56 Å². The zero-order valence-electron chi connectivity index (χ0n) is 7.76. The minimum absolute atomic E-state index is 0.0875. The monoisotopic (exact) mass is 198 g/mol. The summed E-state index contributed by atoms with van der Waals surface area (Å²) in [4.78, 5) is 0. The third-order valence-electron chi connectivity index (χ3n) is 1.86. The molecule has 0 aliphatic heterocycles. The second kappa shape index (κ2) is 5.59. The molecule has 0 saturated heterocycles. The van der Waals surface area contributed by atoms with E-state index in [0.717, 1.165) is 0 Å². The molecule has 4 heteroatoms. The lowest BCUT2D eigenvalue weighted by molar-refractivity contribution is -0.00583. The van der Waals surface area contributed by atoms with Gasteiger partial charge in [0.15, 0.2) is 0 Å². The molecule has 0 radical (unpaired) electrons. The lowest BCUT2D eigenvalue weighted by Crippen LogP contribution is -2.11. The number of phenols is 1. The number of aromatic hydroxyl groups is 1. The second-order valence-electron chi connectivity index (χ2n) is 2.82. The molecule has 0 spiro atoms.